The molecule has 21 heavy (non-hydrogen) atoms. The van der Waals surface area contributed by atoms with Crippen molar-refractivity contribution in [2.75, 3.05) is 0 Å². The number of aromatic amines is 1. The van der Waals surface area contributed by atoms with E-state index in [1.54, 1.807) is 0 Å². The van der Waals surface area contributed by atoms with Gasteiger partial charge in [0.25, 0.3) is 5.56 Å². The van der Waals surface area contributed by atoms with E-state index in [0.717, 1.165) is 4.57 Å². The molecule has 0 saturated heterocycles. The SMILES string of the molecule is O=c1[nH]c2cc(Cl)cc(Cl)c2c(=O)n1-c1cccc(O)c1. The number of fused-ring (bicyclic) bond motifs is 1. The quantitative estimate of drug-likeness (QED) is 0.723. The molecule has 0 bridgehead atoms. The van der Waals surface area contributed by atoms with E-state index < -0.39 is 11.2 Å². The molecule has 3 rings (SSSR count). The lowest BCUT2D eigenvalue weighted by molar-refractivity contribution is 0.475. The highest BCUT2D eigenvalue weighted by Gasteiger charge is 2.13. The molecule has 0 atom stereocenters. The topological polar surface area (TPSA) is 75.1 Å². The maximum Gasteiger partial charge on any atom is 0.333 e. The Morgan fingerprint density at radius 1 is 1.10 bits per heavy atom. The molecule has 106 valence electrons. The lowest BCUT2D eigenvalue weighted by atomic mass is 10.2. The van der Waals surface area contributed by atoms with Crippen molar-refractivity contribution >= 4 is 34.1 Å². The summed E-state index contributed by atoms with van der Waals surface area (Å²) in [5, 5.41) is 10.1. The van der Waals surface area contributed by atoms with E-state index in [0.29, 0.717) is 5.02 Å². The molecular formula is C14H8Cl2N2O3. The Kier molecular flexibility index (Phi) is 3.23. The zero-order valence-corrected chi connectivity index (χ0v) is 11.9. The van der Waals surface area contributed by atoms with Crippen LogP contribution in [0.25, 0.3) is 16.6 Å². The summed E-state index contributed by atoms with van der Waals surface area (Å²) >= 11 is 11.9. The molecule has 0 unspecified atom stereocenters. The van der Waals surface area contributed by atoms with E-state index in [9.17, 15) is 14.7 Å². The molecule has 2 N–H and O–H groups in total. The van der Waals surface area contributed by atoms with E-state index in [4.69, 9.17) is 23.2 Å². The largest absolute Gasteiger partial charge is 0.508 e. The molecule has 3 aromatic rings. The molecule has 2 aromatic carbocycles. The van der Waals surface area contributed by atoms with Gasteiger partial charge in [0.2, 0.25) is 0 Å². The Labute approximate surface area is 128 Å². The van der Waals surface area contributed by atoms with E-state index >= 15 is 0 Å². The highest BCUT2D eigenvalue weighted by molar-refractivity contribution is 6.38. The minimum Gasteiger partial charge on any atom is -0.508 e. The molecule has 0 radical (unpaired) electrons. The summed E-state index contributed by atoms with van der Waals surface area (Å²) in [5.41, 5.74) is -0.717. The van der Waals surface area contributed by atoms with Crippen LogP contribution in [0.2, 0.25) is 10.0 Å². The summed E-state index contributed by atoms with van der Waals surface area (Å²) in [6, 6.07) is 8.70. The van der Waals surface area contributed by atoms with Crippen LogP contribution in [-0.4, -0.2) is 14.7 Å². The van der Waals surface area contributed by atoms with Crippen molar-refractivity contribution < 1.29 is 5.11 Å². The average Bonchev–Trinajstić information content (AvgIpc) is 2.37. The highest BCUT2D eigenvalue weighted by Crippen LogP contribution is 2.24. The third-order valence-corrected chi connectivity index (χ3v) is 3.52. The fourth-order valence-corrected chi connectivity index (χ4v) is 2.71. The maximum absolute atomic E-state index is 12.5. The summed E-state index contributed by atoms with van der Waals surface area (Å²) in [6.45, 7) is 0. The number of benzene rings is 2. The minimum atomic E-state index is -0.642. The van der Waals surface area contributed by atoms with Gasteiger partial charge >= 0.3 is 5.69 Å². The van der Waals surface area contributed by atoms with Crippen LogP contribution in [0.15, 0.2) is 46.0 Å². The number of halogens is 2. The molecule has 0 saturated carbocycles. The predicted octanol–water partition coefficient (Wildman–Crippen LogP) is 2.69. The Balaban J connectivity index is 2.46. The van der Waals surface area contributed by atoms with Crippen molar-refractivity contribution in [3.05, 3.63) is 67.3 Å². The zero-order valence-electron chi connectivity index (χ0n) is 10.4. The van der Waals surface area contributed by atoms with Crippen LogP contribution in [0, 0.1) is 0 Å². The van der Waals surface area contributed by atoms with Crippen molar-refractivity contribution in [2.45, 2.75) is 0 Å². The summed E-state index contributed by atoms with van der Waals surface area (Å²) in [4.78, 5) is 27.2. The Bertz CT molecular complexity index is 976. The van der Waals surface area contributed by atoms with Gasteiger partial charge in [-0.05, 0) is 24.3 Å². The van der Waals surface area contributed by atoms with Crippen LogP contribution in [0.5, 0.6) is 5.75 Å². The van der Waals surface area contributed by atoms with Crippen molar-refractivity contribution in [3.8, 4) is 11.4 Å². The zero-order chi connectivity index (χ0) is 15.1. The number of hydrogen-bond acceptors (Lipinski definition) is 3. The Hall–Kier alpha value is -2.24. The molecule has 5 nitrogen and oxygen atoms in total. The lowest BCUT2D eigenvalue weighted by Crippen LogP contribution is -2.33. The molecular weight excluding hydrogens is 315 g/mol. The normalized spacial score (nSPS) is 11.0. The predicted molar refractivity (Wildman–Crippen MR) is 81.9 cm³/mol. The molecule has 1 aromatic heterocycles. The molecule has 0 spiro atoms. The van der Waals surface area contributed by atoms with E-state index in [1.807, 2.05) is 0 Å². The fourth-order valence-electron chi connectivity index (χ4n) is 2.13. The third-order valence-electron chi connectivity index (χ3n) is 3.00. The molecule has 0 aliphatic heterocycles. The average molecular weight is 323 g/mol. The summed E-state index contributed by atoms with van der Waals surface area (Å²) in [6.07, 6.45) is 0. The molecule has 0 amide bonds. The number of H-pyrrole nitrogens is 1. The highest BCUT2D eigenvalue weighted by atomic mass is 35.5. The van der Waals surface area contributed by atoms with Gasteiger partial charge in [-0.2, -0.15) is 0 Å². The first-order chi connectivity index (χ1) is 9.97. The first-order valence-electron chi connectivity index (χ1n) is 5.91. The van der Waals surface area contributed by atoms with Gasteiger partial charge in [0, 0.05) is 11.1 Å². The van der Waals surface area contributed by atoms with Gasteiger partial charge < -0.3 is 10.1 Å². The van der Waals surface area contributed by atoms with Gasteiger partial charge in [0.15, 0.2) is 0 Å². The second-order valence-electron chi connectivity index (χ2n) is 4.40. The number of nitrogens with zero attached hydrogens (tertiary/aromatic N) is 1. The summed E-state index contributed by atoms with van der Waals surface area (Å²) in [7, 11) is 0. The van der Waals surface area contributed by atoms with Gasteiger partial charge in [0.1, 0.15) is 5.75 Å². The second-order valence-corrected chi connectivity index (χ2v) is 5.24. The number of hydrogen-bond donors (Lipinski definition) is 2. The van der Waals surface area contributed by atoms with Crippen molar-refractivity contribution in [3.63, 3.8) is 0 Å². The number of rotatable bonds is 1. The van der Waals surface area contributed by atoms with Crippen LogP contribution in [-0.2, 0) is 0 Å². The number of phenolic OH excluding ortho intramolecular Hbond substituents is 1. The Morgan fingerprint density at radius 3 is 2.57 bits per heavy atom. The smallest absolute Gasteiger partial charge is 0.333 e. The van der Waals surface area contributed by atoms with E-state index in [-0.39, 0.29) is 27.4 Å². The lowest BCUT2D eigenvalue weighted by Gasteiger charge is -2.08. The fraction of sp³-hybridized carbons (Fsp3) is 0. The molecule has 0 aliphatic carbocycles. The first kappa shape index (κ1) is 13.7. The third kappa shape index (κ3) is 2.30. The van der Waals surface area contributed by atoms with E-state index in [1.165, 1.54) is 36.4 Å². The van der Waals surface area contributed by atoms with Crippen LogP contribution < -0.4 is 11.2 Å². The maximum atomic E-state index is 12.5. The summed E-state index contributed by atoms with van der Waals surface area (Å²) < 4.78 is 0.905. The standard InChI is InChI=1S/C14H8Cl2N2O3/c15-7-4-10(16)12-11(5-7)17-14(21)18(13(12)20)8-2-1-3-9(19)6-8/h1-6,19H,(H,17,21). The van der Waals surface area contributed by atoms with Crippen LogP contribution >= 0.6 is 23.2 Å². The monoisotopic (exact) mass is 322 g/mol. The molecule has 7 heteroatoms. The van der Waals surface area contributed by atoms with Crippen molar-refractivity contribution in [1.82, 2.24) is 9.55 Å². The van der Waals surface area contributed by atoms with Gasteiger partial charge in [-0.1, -0.05) is 29.3 Å². The van der Waals surface area contributed by atoms with Crippen LogP contribution in [0.4, 0.5) is 0 Å². The number of nitrogens with one attached hydrogen (secondary N) is 1. The first-order valence-corrected chi connectivity index (χ1v) is 6.66. The van der Waals surface area contributed by atoms with Crippen molar-refractivity contribution in [2.24, 2.45) is 0 Å². The summed E-state index contributed by atoms with van der Waals surface area (Å²) in [5.74, 6) is -0.0545. The number of phenols is 1. The van der Waals surface area contributed by atoms with Gasteiger partial charge in [-0.25, -0.2) is 9.36 Å². The number of aromatic nitrogens is 2. The molecule has 0 aliphatic rings. The van der Waals surface area contributed by atoms with Crippen molar-refractivity contribution in [1.29, 1.82) is 0 Å². The molecule has 1 heterocycles. The minimum absolute atomic E-state index is 0.0545. The Morgan fingerprint density at radius 2 is 1.86 bits per heavy atom. The number of aromatic hydroxyl groups is 1. The van der Waals surface area contributed by atoms with Crippen LogP contribution in [0.1, 0.15) is 0 Å². The van der Waals surface area contributed by atoms with Crippen LogP contribution in [0.3, 0.4) is 0 Å². The second kappa shape index (κ2) is 4.95. The van der Waals surface area contributed by atoms with Gasteiger partial charge in [0.05, 0.1) is 21.6 Å². The van der Waals surface area contributed by atoms with Gasteiger partial charge in [-0.15, -0.1) is 0 Å². The van der Waals surface area contributed by atoms with Gasteiger partial charge in [-0.3, -0.25) is 4.79 Å². The molecule has 0 fully saturated rings. The van der Waals surface area contributed by atoms with E-state index in [2.05, 4.69) is 4.98 Å².